The van der Waals surface area contributed by atoms with Gasteiger partial charge in [0.2, 0.25) is 11.1 Å². The molecule has 0 aliphatic heterocycles. The second kappa shape index (κ2) is 6.89. The fourth-order valence-corrected chi connectivity index (χ4v) is 2.22. The normalized spacial score (nSPS) is 11.7. The summed E-state index contributed by atoms with van der Waals surface area (Å²) in [6, 6.07) is 9.01. The van der Waals surface area contributed by atoms with E-state index in [-0.39, 0.29) is 0 Å². The van der Waals surface area contributed by atoms with E-state index in [1.54, 1.807) is 17.9 Å². The molecule has 0 fully saturated rings. The molecule has 1 atom stereocenters. The van der Waals surface area contributed by atoms with Gasteiger partial charge in [0, 0.05) is 7.05 Å². The molecule has 2 N–H and O–H groups in total. The first-order chi connectivity index (χ1) is 10.1. The molecule has 3 amide bonds. The van der Waals surface area contributed by atoms with Crippen molar-refractivity contribution in [1.82, 2.24) is 25.4 Å². The first-order valence-electron chi connectivity index (χ1n) is 6.26. The zero-order chi connectivity index (χ0) is 15.2. The molecular formula is C13H15N5O2S. The number of rotatable bonds is 4. The molecule has 1 aromatic heterocycles. The van der Waals surface area contributed by atoms with Crippen LogP contribution in [0.25, 0.3) is 5.69 Å². The van der Waals surface area contributed by atoms with E-state index < -0.39 is 17.2 Å². The number of imide groups is 1. The van der Waals surface area contributed by atoms with Crippen LogP contribution in [0.15, 0.2) is 41.8 Å². The van der Waals surface area contributed by atoms with Crippen LogP contribution in [0, 0.1) is 0 Å². The lowest BCUT2D eigenvalue weighted by molar-refractivity contribution is -0.119. The Morgan fingerprint density at radius 1 is 1.29 bits per heavy atom. The first kappa shape index (κ1) is 15.0. The van der Waals surface area contributed by atoms with E-state index in [2.05, 4.69) is 20.7 Å². The van der Waals surface area contributed by atoms with Crippen LogP contribution in [0.4, 0.5) is 4.79 Å². The topological polar surface area (TPSA) is 88.9 Å². The molecule has 0 spiro atoms. The average Bonchev–Trinajstić information content (AvgIpc) is 2.96. The molecule has 2 rings (SSSR count). The fraction of sp³-hybridized carbons (Fsp3) is 0.231. The molecule has 0 aliphatic rings. The predicted octanol–water partition coefficient (Wildman–Crippen LogP) is 1.20. The molecular weight excluding hydrogens is 290 g/mol. The van der Waals surface area contributed by atoms with E-state index in [9.17, 15) is 9.59 Å². The van der Waals surface area contributed by atoms with Crippen molar-refractivity contribution in [3.05, 3.63) is 36.7 Å². The number of carbonyl (C=O) groups excluding carboxylic acids is 2. The molecule has 1 unspecified atom stereocenters. The summed E-state index contributed by atoms with van der Waals surface area (Å²) in [5.74, 6) is -0.393. The maximum absolute atomic E-state index is 11.7. The highest BCUT2D eigenvalue weighted by atomic mass is 32.2. The summed E-state index contributed by atoms with van der Waals surface area (Å²) in [4.78, 5) is 27.0. The van der Waals surface area contributed by atoms with Crippen LogP contribution in [0.2, 0.25) is 0 Å². The van der Waals surface area contributed by atoms with Crippen LogP contribution < -0.4 is 10.6 Å². The quantitative estimate of drug-likeness (QED) is 0.829. The maximum atomic E-state index is 11.7. The Morgan fingerprint density at radius 2 is 2.00 bits per heavy atom. The molecule has 110 valence electrons. The minimum absolute atomic E-state index is 0.393. The molecule has 7 nitrogen and oxygen atoms in total. The number of para-hydroxylation sites is 1. The van der Waals surface area contributed by atoms with Gasteiger partial charge in [-0.25, -0.2) is 14.5 Å². The second-order valence-electron chi connectivity index (χ2n) is 4.14. The minimum atomic E-state index is -0.532. The van der Waals surface area contributed by atoms with Crippen LogP contribution in [0.5, 0.6) is 0 Å². The van der Waals surface area contributed by atoms with Crippen LogP contribution in [0.1, 0.15) is 6.92 Å². The summed E-state index contributed by atoms with van der Waals surface area (Å²) >= 11 is 1.18. The van der Waals surface area contributed by atoms with Gasteiger partial charge in [0.15, 0.2) is 0 Å². The van der Waals surface area contributed by atoms with Crippen molar-refractivity contribution in [2.75, 3.05) is 7.05 Å². The van der Waals surface area contributed by atoms with Crippen LogP contribution in [-0.4, -0.2) is 39.0 Å². The van der Waals surface area contributed by atoms with E-state index in [0.717, 1.165) is 5.69 Å². The van der Waals surface area contributed by atoms with E-state index in [1.165, 1.54) is 18.8 Å². The van der Waals surface area contributed by atoms with Gasteiger partial charge < -0.3 is 5.32 Å². The lowest BCUT2D eigenvalue weighted by Gasteiger charge is -2.08. The van der Waals surface area contributed by atoms with Gasteiger partial charge in [-0.2, -0.15) is 0 Å². The summed E-state index contributed by atoms with van der Waals surface area (Å²) in [5, 5.41) is 8.82. The molecule has 21 heavy (non-hydrogen) atoms. The minimum Gasteiger partial charge on any atom is -0.341 e. The standard InChI is InChI=1S/C13H15N5O2S/c1-9(11(19)16-12(20)14-2)21-13-15-8-18(17-13)10-6-4-3-5-7-10/h3-9H,1-2H3,(H2,14,16,19,20). The zero-order valence-corrected chi connectivity index (χ0v) is 12.4. The highest BCUT2D eigenvalue weighted by Gasteiger charge is 2.18. The summed E-state index contributed by atoms with van der Waals surface area (Å²) < 4.78 is 1.63. The predicted molar refractivity (Wildman–Crippen MR) is 79.3 cm³/mol. The number of nitrogens with zero attached hydrogens (tertiary/aromatic N) is 3. The lowest BCUT2D eigenvalue weighted by Crippen LogP contribution is -2.41. The highest BCUT2D eigenvalue weighted by molar-refractivity contribution is 8.00. The van der Waals surface area contributed by atoms with Crippen molar-refractivity contribution < 1.29 is 9.59 Å². The Kier molecular flexibility index (Phi) is 4.94. The third-order valence-corrected chi connectivity index (χ3v) is 3.57. The van der Waals surface area contributed by atoms with E-state index in [4.69, 9.17) is 0 Å². The molecule has 0 saturated heterocycles. The smallest absolute Gasteiger partial charge is 0.321 e. The van der Waals surface area contributed by atoms with Crippen molar-refractivity contribution >= 4 is 23.7 Å². The van der Waals surface area contributed by atoms with Crippen LogP contribution in [-0.2, 0) is 4.79 Å². The van der Waals surface area contributed by atoms with E-state index in [0.29, 0.717) is 5.16 Å². The lowest BCUT2D eigenvalue weighted by atomic mass is 10.3. The van der Waals surface area contributed by atoms with Crippen molar-refractivity contribution in [1.29, 1.82) is 0 Å². The number of nitrogens with one attached hydrogen (secondary N) is 2. The van der Waals surface area contributed by atoms with Gasteiger partial charge in [-0.1, -0.05) is 30.0 Å². The fourth-order valence-electron chi connectivity index (χ4n) is 1.49. The number of hydrogen-bond donors (Lipinski definition) is 2. The monoisotopic (exact) mass is 305 g/mol. The molecule has 8 heteroatoms. The van der Waals surface area contributed by atoms with Crippen LogP contribution >= 0.6 is 11.8 Å². The van der Waals surface area contributed by atoms with Crippen molar-refractivity contribution in [3.63, 3.8) is 0 Å². The molecule has 0 bridgehead atoms. The Balaban J connectivity index is 1.99. The highest BCUT2D eigenvalue weighted by Crippen LogP contribution is 2.19. The number of thioether (sulfide) groups is 1. The molecule has 0 radical (unpaired) electrons. The van der Waals surface area contributed by atoms with Gasteiger partial charge >= 0.3 is 6.03 Å². The van der Waals surface area contributed by atoms with Gasteiger partial charge in [0.1, 0.15) is 6.33 Å². The zero-order valence-electron chi connectivity index (χ0n) is 11.6. The van der Waals surface area contributed by atoms with Gasteiger partial charge in [0.25, 0.3) is 0 Å². The molecule has 1 heterocycles. The number of benzene rings is 1. The number of carbonyl (C=O) groups is 2. The number of urea groups is 1. The van der Waals surface area contributed by atoms with Crippen molar-refractivity contribution in [3.8, 4) is 5.69 Å². The Labute approximate surface area is 126 Å². The van der Waals surface area contributed by atoms with Gasteiger partial charge in [-0.05, 0) is 19.1 Å². The van der Waals surface area contributed by atoms with E-state index >= 15 is 0 Å². The Hall–Kier alpha value is -2.35. The van der Waals surface area contributed by atoms with Crippen LogP contribution in [0.3, 0.4) is 0 Å². The maximum Gasteiger partial charge on any atom is 0.321 e. The van der Waals surface area contributed by atoms with Gasteiger partial charge in [-0.3, -0.25) is 10.1 Å². The SMILES string of the molecule is CNC(=O)NC(=O)C(C)Sc1ncn(-c2ccccc2)n1. The van der Waals surface area contributed by atoms with Gasteiger partial charge in [0.05, 0.1) is 10.9 Å². The van der Waals surface area contributed by atoms with Crippen molar-refractivity contribution in [2.24, 2.45) is 0 Å². The summed E-state index contributed by atoms with van der Waals surface area (Å²) in [5.41, 5.74) is 0.888. The number of aromatic nitrogens is 3. The Morgan fingerprint density at radius 3 is 2.67 bits per heavy atom. The molecule has 0 aliphatic carbocycles. The summed E-state index contributed by atoms with van der Waals surface area (Å²) in [6.07, 6.45) is 1.58. The van der Waals surface area contributed by atoms with Gasteiger partial charge in [-0.15, -0.1) is 5.10 Å². The third kappa shape index (κ3) is 4.06. The largest absolute Gasteiger partial charge is 0.341 e. The average molecular weight is 305 g/mol. The summed E-state index contributed by atoms with van der Waals surface area (Å²) in [7, 11) is 1.45. The third-order valence-electron chi connectivity index (χ3n) is 2.61. The summed E-state index contributed by atoms with van der Waals surface area (Å²) in [6.45, 7) is 1.69. The number of hydrogen-bond acceptors (Lipinski definition) is 5. The molecule has 2 aromatic rings. The first-order valence-corrected chi connectivity index (χ1v) is 7.14. The van der Waals surface area contributed by atoms with E-state index in [1.807, 2.05) is 30.3 Å². The second-order valence-corrected chi connectivity index (χ2v) is 5.44. The van der Waals surface area contributed by atoms with Crippen molar-refractivity contribution in [2.45, 2.75) is 17.3 Å². The molecule has 1 aromatic carbocycles. The number of amides is 3. The molecule has 0 saturated carbocycles. The Bertz CT molecular complexity index is 629.